The Morgan fingerprint density at radius 1 is 1.23 bits per heavy atom. The first-order valence-electron chi connectivity index (χ1n) is 8.26. The van der Waals surface area contributed by atoms with E-state index < -0.39 is 0 Å². The number of hydrogen-bond acceptors (Lipinski definition) is 4. The smallest absolute Gasteiger partial charge is 0.160 e. The lowest BCUT2D eigenvalue weighted by Crippen LogP contribution is -2.11. The maximum Gasteiger partial charge on any atom is 0.160 e. The summed E-state index contributed by atoms with van der Waals surface area (Å²) in [5.41, 5.74) is 3.27. The molecule has 0 bridgehead atoms. The third kappa shape index (κ3) is 4.03. The number of hydrogen-bond donors (Lipinski definition) is 1. The van der Waals surface area contributed by atoms with Crippen molar-refractivity contribution in [3.05, 3.63) is 54.0 Å². The second-order valence-corrected chi connectivity index (χ2v) is 5.96. The molecule has 26 heavy (non-hydrogen) atoms. The van der Waals surface area contributed by atoms with Crippen LogP contribution in [-0.4, -0.2) is 33.0 Å². The Balaban J connectivity index is 0.00000121. The van der Waals surface area contributed by atoms with E-state index in [1.54, 1.807) is 7.11 Å². The van der Waals surface area contributed by atoms with Gasteiger partial charge in [-0.15, -0.1) is 24.8 Å². The third-order valence-electron chi connectivity index (χ3n) is 4.37. The second-order valence-electron chi connectivity index (χ2n) is 5.96. The molecule has 8 heteroatoms. The van der Waals surface area contributed by atoms with Gasteiger partial charge < -0.3 is 14.6 Å². The summed E-state index contributed by atoms with van der Waals surface area (Å²) in [6, 6.07) is 10.2. The molecule has 0 radical (unpaired) electrons. The number of imidazole rings is 1. The van der Waals surface area contributed by atoms with Crippen LogP contribution < -0.4 is 10.1 Å². The van der Waals surface area contributed by atoms with Crippen LogP contribution in [-0.2, 0) is 19.6 Å². The van der Waals surface area contributed by atoms with Crippen LogP contribution >= 0.6 is 24.8 Å². The number of halogens is 2. The minimum absolute atomic E-state index is 0. The predicted octanol–water partition coefficient (Wildman–Crippen LogP) is 3.14. The molecule has 0 atom stereocenters. The van der Waals surface area contributed by atoms with Crippen LogP contribution in [0.2, 0.25) is 0 Å². The molecule has 4 rings (SSSR count). The molecule has 6 nitrogen and oxygen atoms in total. The molecule has 0 aliphatic carbocycles. The Hall–Kier alpha value is -2.02. The summed E-state index contributed by atoms with van der Waals surface area (Å²) in [4.78, 5) is 4.53. The molecule has 0 saturated heterocycles. The quantitative estimate of drug-likeness (QED) is 0.736. The largest absolute Gasteiger partial charge is 0.496 e. The van der Waals surface area contributed by atoms with Crippen molar-refractivity contribution in [1.82, 2.24) is 24.6 Å². The summed E-state index contributed by atoms with van der Waals surface area (Å²) < 4.78 is 9.67. The first-order chi connectivity index (χ1) is 11.8. The summed E-state index contributed by atoms with van der Waals surface area (Å²) in [5, 5.41) is 8.19. The van der Waals surface area contributed by atoms with Gasteiger partial charge in [-0.2, -0.15) is 5.10 Å². The number of benzene rings is 1. The van der Waals surface area contributed by atoms with Gasteiger partial charge in [0.05, 0.1) is 19.3 Å². The fraction of sp³-hybridized carbons (Fsp3) is 0.333. The number of aromatic nitrogens is 4. The molecule has 140 valence electrons. The average Bonchev–Trinajstić information content (AvgIpc) is 3.17. The average molecular weight is 396 g/mol. The van der Waals surface area contributed by atoms with Gasteiger partial charge in [-0.05, 0) is 25.1 Å². The number of fused-ring (bicyclic) bond motifs is 1. The molecule has 0 unspecified atom stereocenters. The molecule has 0 saturated carbocycles. The first kappa shape index (κ1) is 20.3. The molecule has 1 aliphatic rings. The summed E-state index contributed by atoms with van der Waals surface area (Å²) in [6.07, 6.45) is 4.92. The van der Waals surface area contributed by atoms with Crippen molar-refractivity contribution >= 4 is 24.8 Å². The Kier molecular flexibility index (Phi) is 7.08. The topological polar surface area (TPSA) is 56.9 Å². The lowest BCUT2D eigenvalue weighted by atomic mass is 10.2. The van der Waals surface area contributed by atoms with Crippen molar-refractivity contribution in [2.45, 2.75) is 26.1 Å². The fourth-order valence-corrected chi connectivity index (χ4v) is 3.16. The number of methoxy groups -OCH3 is 1. The predicted molar refractivity (Wildman–Crippen MR) is 106 cm³/mol. The van der Waals surface area contributed by atoms with E-state index in [9.17, 15) is 0 Å². The van der Waals surface area contributed by atoms with E-state index in [0.29, 0.717) is 6.54 Å². The van der Waals surface area contributed by atoms with Gasteiger partial charge in [0.2, 0.25) is 0 Å². The van der Waals surface area contributed by atoms with Gasteiger partial charge in [-0.1, -0.05) is 18.2 Å². The van der Waals surface area contributed by atoms with Crippen molar-refractivity contribution in [2.24, 2.45) is 0 Å². The zero-order valence-corrected chi connectivity index (χ0v) is 16.2. The van der Waals surface area contributed by atoms with E-state index in [4.69, 9.17) is 9.84 Å². The molecular weight excluding hydrogens is 373 g/mol. The summed E-state index contributed by atoms with van der Waals surface area (Å²) in [7, 11) is 1.70. The number of aryl methyl sites for hydroxylation is 1. The van der Waals surface area contributed by atoms with E-state index in [0.717, 1.165) is 48.9 Å². The molecule has 1 aliphatic heterocycles. The maximum absolute atomic E-state index is 5.46. The third-order valence-corrected chi connectivity index (χ3v) is 4.37. The van der Waals surface area contributed by atoms with Crippen molar-refractivity contribution in [1.29, 1.82) is 0 Å². The minimum atomic E-state index is 0. The number of nitrogens with one attached hydrogen (secondary N) is 1. The summed E-state index contributed by atoms with van der Waals surface area (Å²) in [5.74, 6) is 1.78. The Morgan fingerprint density at radius 3 is 2.92 bits per heavy atom. The van der Waals surface area contributed by atoms with Crippen molar-refractivity contribution in [3.63, 3.8) is 0 Å². The molecule has 3 heterocycles. The number of ether oxygens (including phenoxy) is 1. The van der Waals surface area contributed by atoms with Crippen molar-refractivity contribution in [2.75, 3.05) is 13.7 Å². The highest BCUT2D eigenvalue weighted by atomic mass is 35.5. The Labute approximate surface area is 165 Å². The second kappa shape index (κ2) is 9.07. The van der Waals surface area contributed by atoms with E-state index >= 15 is 0 Å². The van der Waals surface area contributed by atoms with Gasteiger partial charge in [0.15, 0.2) is 5.82 Å². The van der Waals surface area contributed by atoms with Crippen LogP contribution in [0.15, 0.2) is 42.7 Å². The monoisotopic (exact) mass is 395 g/mol. The first-order valence-corrected chi connectivity index (χ1v) is 8.26. The molecule has 0 amide bonds. The van der Waals surface area contributed by atoms with E-state index in [2.05, 4.69) is 31.7 Å². The number of rotatable bonds is 4. The van der Waals surface area contributed by atoms with E-state index in [1.807, 2.05) is 30.6 Å². The fourth-order valence-electron chi connectivity index (χ4n) is 3.16. The van der Waals surface area contributed by atoms with E-state index in [-0.39, 0.29) is 24.8 Å². The van der Waals surface area contributed by atoms with Crippen LogP contribution in [0.25, 0.3) is 11.5 Å². The van der Waals surface area contributed by atoms with Gasteiger partial charge in [0.25, 0.3) is 0 Å². The maximum atomic E-state index is 5.46. The van der Waals surface area contributed by atoms with Crippen LogP contribution in [0, 0.1) is 0 Å². The van der Waals surface area contributed by atoms with Gasteiger partial charge in [0, 0.05) is 31.0 Å². The SMILES string of the molecule is COc1ccccc1Cn1ccnc1-c1cc2n(n1)CCCNC2.Cl.Cl. The Bertz CT molecular complexity index is 822. The minimum Gasteiger partial charge on any atom is -0.496 e. The highest BCUT2D eigenvalue weighted by Gasteiger charge is 2.16. The molecule has 3 aromatic rings. The lowest BCUT2D eigenvalue weighted by molar-refractivity contribution is 0.408. The van der Waals surface area contributed by atoms with Gasteiger partial charge in [0.1, 0.15) is 11.4 Å². The van der Waals surface area contributed by atoms with E-state index in [1.165, 1.54) is 5.69 Å². The summed E-state index contributed by atoms with van der Waals surface area (Å²) >= 11 is 0. The molecule has 0 spiro atoms. The Morgan fingerprint density at radius 2 is 2.08 bits per heavy atom. The zero-order valence-electron chi connectivity index (χ0n) is 14.6. The molecule has 0 fully saturated rings. The van der Waals surface area contributed by atoms with Crippen molar-refractivity contribution < 1.29 is 4.74 Å². The van der Waals surface area contributed by atoms with Gasteiger partial charge in [-0.25, -0.2) is 4.98 Å². The zero-order chi connectivity index (χ0) is 16.4. The number of para-hydroxylation sites is 1. The van der Waals surface area contributed by atoms with Crippen LogP contribution in [0.1, 0.15) is 17.7 Å². The standard InChI is InChI=1S/C18H21N5O.2ClH/c1-24-17-6-3-2-5-14(17)13-22-10-8-20-18(22)16-11-15-12-19-7-4-9-23(15)21-16;;/h2-3,5-6,8,10-11,19H,4,7,9,12-13H2,1H3;2*1H. The lowest BCUT2D eigenvalue weighted by Gasteiger charge is -2.10. The summed E-state index contributed by atoms with van der Waals surface area (Å²) in [6.45, 7) is 3.57. The van der Waals surface area contributed by atoms with Crippen LogP contribution in [0.4, 0.5) is 0 Å². The normalized spacial score (nSPS) is 13.1. The number of nitrogens with zero attached hydrogens (tertiary/aromatic N) is 4. The molecular formula is C18H23Cl2N5O. The molecule has 1 aromatic carbocycles. The van der Waals surface area contributed by atoms with Crippen LogP contribution in [0.3, 0.4) is 0 Å². The van der Waals surface area contributed by atoms with Gasteiger partial charge >= 0.3 is 0 Å². The molecule has 1 N–H and O–H groups in total. The van der Waals surface area contributed by atoms with Crippen molar-refractivity contribution in [3.8, 4) is 17.3 Å². The van der Waals surface area contributed by atoms with Gasteiger partial charge in [-0.3, -0.25) is 4.68 Å². The highest BCUT2D eigenvalue weighted by molar-refractivity contribution is 5.85. The molecule has 2 aromatic heterocycles. The van der Waals surface area contributed by atoms with Crippen LogP contribution in [0.5, 0.6) is 5.75 Å². The highest BCUT2D eigenvalue weighted by Crippen LogP contribution is 2.23.